The molecule has 0 fully saturated rings. The highest BCUT2D eigenvalue weighted by atomic mass is 32.2. The van der Waals surface area contributed by atoms with Gasteiger partial charge in [0.25, 0.3) is 0 Å². The lowest BCUT2D eigenvalue weighted by Crippen LogP contribution is -2.27. The number of benzene rings is 1. The van der Waals surface area contributed by atoms with Gasteiger partial charge in [-0.25, -0.2) is 0 Å². The highest BCUT2D eigenvalue weighted by molar-refractivity contribution is 8.13. The van der Waals surface area contributed by atoms with Crippen molar-refractivity contribution in [3.63, 3.8) is 0 Å². The fourth-order valence-corrected chi connectivity index (χ4v) is 2.97. The number of thioether (sulfide) groups is 1. The van der Waals surface area contributed by atoms with Gasteiger partial charge in [0.15, 0.2) is 0 Å². The van der Waals surface area contributed by atoms with Crippen molar-refractivity contribution in [1.82, 2.24) is 0 Å². The van der Waals surface area contributed by atoms with Gasteiger partial charge in [0.1, 0.15) is 6.61 Å². The first-order valence-corrected chi connectivity index (χ1v) is 11.6. The maximum Gasteiger partial charge on any atom is 0.246 e. The second kappa shape index (κ2) is 12.2. The number of hydrogen-bond acceptors (Lipinski definition) is 6. The van der Waals surface area contributed by atoms with E-state index in [1.54, 1.807) is 0 Å². The van der Waals surface area contributed by atoms with Crippen molar-refractivity contribution in [1.29, 1.82) is 0 Å². The third-order valence-electron chi connectivity index (χ3n) is 5.16. The minimum atomic E-state index is -0.667. The molecular formula is C22H38N4O2S. The molecule has 6 nitrogen and oxygen atoms in total. The second-order valence-corrected chi connectivity index (χ2v) is 8.99. The van der Waals surface area contributed by atoms with E-state index in [0.717, 1.165) is 38.0 Å². The number of aliphatic hydroxyl groups is 1. The summed E-state index contributed by atoms with van der Waals surface area (Å²) in [6.07, 6.45) is 4.45. The lowest BCUT2D eigenvalue weighted by molar-refractivity contribution is 0.0172. The van der Waals surface area contributed by atoms with E-state index in [-0.39, 0.29) is 5.41 Å². The maximum absolute atomic E-state index is 9.98. The minimum absolute atomic E-state index is 0.0373. The highest BCUT2D eigenvalue weighted by Crippen LogP contribution is 2.31. The molecule has 1 aromatic carbocycles. The van der Waals surface area contributed by atoms with Crippen LogP contribution in [0.15, 0.2) is 39.6 Å². The Morgan fingerprint density at radius 3 is 2.17 bits per heavy atom. The summed E-state index contributed by atoms with van der Waals surface area (Å²) in [5.41, 5.74) is 1.26. The topological polar surface area (TPSA) is 69.8 Å². The maximum atomic E-state index is 9.98. The van der Waals surface area contributed by atoms with E-state index in [1.165, 1.54) is 17.4 Å². The van der Waals surface area contributed by atoms with Gasteiger partial charge < -0.3 is 14.8 Å². The molecule has 0 aromatic heterocycles. The molecule has 0 aliphatic heterocycles. The van der Waals surface area contributed by atoms with Gasteiger partial charge in [-0.2, -0.15) is 0 Å². The van der Waals surface area contributed by atoms with Crippen molar-refractivity contribution in [3.05, 3.63) is 24.3 Å². The number of nitrogens with zero attached hydrogens (tertiary/aromatic N) is 4. The zero-order valence-electron chi connectivity index (χ0n) is 19.1. The minimum Gasteiger partial charge on any atom is -0.393 e. The van der Waals surface area contributed by atoms with E-state index < -0.39 is 5.60 Å². The quantitative estimate of drug-likeness (QED) is 0.198. The molecule has 0 spiro atoms. The van der Waals surface area contributed by atoms with Crippen LogP contribution in [0.25, 0.3) is 0 Å². The Bertz CT molecular complexity index is 652. The first kappa shape index (κ1) is 25.4. The predicted octanol–water partition coefficient (Wildman–Crippen LogP) is 6.23. The summed E-state index contributed by atoms with van der Waals surface area (Å²) in [5, 5.41) is 23.1. The summed E-state index contributed by atoms with van der Waals surface area (Å²) in [4.78, 5) is 7.89. The summed E-state index contributed by atoms with van der Waals surface area (Å²) < 4.78 is 0. The SMILES string of the molecule is CCN(CC)c1ccc(/N=N/C(=N/OCC(C)(CC)CCC(C)(C)O)SC)cc1. The van der Waals surface area contributed by atoms with Crippen molar-refractivity contribution in [2.75, 3.05) is 30.9 Å². The van der Waals surface area contributed by atoms with Crippen LogP contribution in [0.5, 0.6) is 0 Å². The fourth-order valence-electron chi connectivity index (χ4n) is 2.72. The van der Waals surface area contributed by atoms with Gasteiger partial charge in [-0.15, -0.1) is 10.2 Å². The third kappa shape index (κ3) is 9.63. The number of rotatable bonds is 11. The first-order chi connectivity index (χ1) is 13.7. The summed E-state index contributed by atoms with van der Waals surface area (Å²) in [6.45, 7) is 14.7. The van der Waals surface area contributed by atoms with E-state index in [9.17, 15) is 5.11 Å². The molecule has 164 valence electrons. The van der Waals surface area contributed by atoms with E-state index in [1.807, 2.05) is 32.2 Å². The Kier molecular flexibility index (Phi) is 10.7. The van der Waals surface area contributed by atoms with Crippen LogP contribution in [0.1, 0.15) is 60.8 Å². The van der Waals surface area contributed by atoms with Gasteiger partial charge in [-0.05, 0) is 77.5 Å². The Balaban J connectivity index is 2.68. The molecule has 0 radical (unpaired) electrons. The van der Waals surface area contributed by atoms with E-state index in [4.69, 9.17) is 4.84 Å². The normalized spacial score (nSPS) is 14.8. The van der Waals surface area contributed by atoms with Crippen LogP contribution >= 0.6 is 11.8 Å². The molecule has 1 atom stereocenters. The van der Waals surface area contributed by atoms with Crippen LogP contribution in [-0.4, -0.2) is 41.8 Å². The Hall–Kier alpha value is -1.60. The van der Waals surface area contributed by atoms with Crippen LogP contribution in [0.4, 0.5) is 11.4 Å². The molecule has 0 bridgehead atoms. The van der Waals surface area contributed by atoms with Crippen molar-refractivity contribution < 1.29 is 9.94 Å². The molecular weight excluding hydrogens is 384 g/mol. The smallest absolute Gasteiger partial charge is 0.246 e. The van der Waals surface area contributed by atoms with Crippen LogP contribution in [0.3, 0.4) is 0 Å². The molecule has 0 aliphatic carbocycles. The zero-order chi connectivity index (χ0) is 21.9. The molecule has 7 heteroatoms. The van der Waals surface area contributed by atoms with Gasteiger partial charge in [-0.3, -0.25) is 0 Å². The van der Waals surface area contributed by atoms with E-state index in [2.05, 4.69) is 60.1 Å². The zero-order valence-corrected chi connectivity index (χ0v) is 19.9. The van der Waals surface area contributed by atoms with Crippen molar-refractivity contribution in [3.8, 4) is 0 Å². The van der Waals surface area contributed by atoms with Gasteiger partial charge in [-0.1, -0.05) is 30.8 Å². The van der Waals surface area contributed by atoms with Gasteiger partial charge in [0.2, 0.25) is 5.17 Å². The molecule has 1 rings (SSSR count). The van der Waals surface area contributed by atoms with Gasteiger partial charge in [0.05, 0.1) is 11.3 Å². The average molecular weight is 423 g/mol. The van der Waals surface area contributed by atoms with Crippen molar-refractivity contribution in [2.24, 2.45) is 20.8 Å². The average Bonchev–Trinajstić information content (AvgIpc) is 2.70. The Labute approximate surface area is 180 Å². The van der Waals surface area contributed by atoms with Crippen molar-refractivity contribution in [2.45, 2.75) is 66.4 Å². The largest absolute Gasteiger partial charge is 0.393 e. The van der Waals surface area contributed by atoms with E-state index in [0.29, 0.717) is 11.8 Å². The standard InChI is InChI=1S/C22H38N4O2S/c1-8-22(6,16-15-21(4,5)27)17-28-25-20(29-7)24-23-18-11-13-19(14-12-18)26(9-2)10-3/h11-14,27H,8-10,15-17H2,1-7H3/b24-23+,25-20-. The lowest BCUT2D eigenvalue weighted by atomic mass is 9.81. The number of hydrogen-bond donors (Lipinski definition) is 1. The molecule has 1 unspecified atom stereocenters. The second-order valence-electron chi connectivity index (χ2n) is 8.22. The molecule has 1 N–H and O–H groups in total. The predicted molar refractivity (Wildman–Crippen MR) is 125 cm³/mol. The summed E-state index contributed by atoms with van der Waals surface area (Å²) in [5.74, 6) is 0. The van der Waals surface area contributed by atoms with Crippen LogP contribution in [0.2, 0.25) is 0 Å². The fraction of sp³-hybridized carbons (Fsp3) is 0.682. The van der Waals surface area contributed by atoms with Crippen LogP contribution in [-0.2, 0) is 4.84 Å². The Morgan fingerprint density at radius 1 is 1.07 bits per heavy atom. The summed E-state index contributed by atoms with van der Waals surface area (Å²) in [6, 6.07) is 8.04. The number of oxime groups is 1. The molecule has 0 saturated carbocycles. The lowest BCUT2D eigenvalue weighted by Gasteiger charge is -2.29. The molecule has 1 aromatic rings. The van der Waals surface area contributed by atoms with Crippen molar-refractivity contribution >= 4 is 28.3 Å². The van der Waals surface area contributed by atoms with Gasteiger partial charge in [0, 0.05) is 24.2 Å². The number of amidine groups is 1. The molecule has 0 amide bonds. The molecule has 0 saturated heterocycles. The van der Waals surface area contributed by atoms with Crippen LogP contribution in [0, 0.1) is 5.41 Å². The molecule has 0 aliphatic rings. The molecule has 29 heavy (non-hydrogen) atoms. The number of anilines is 1. The summed E-state index contributed by atoms with van der Waals surface area (Å²) >= 11 is 1.40. The number of azo groups is 1. The first-order valence-electron chi connectivity index (χ1n) is 10.4. The Morgan fingerprint density at radius 2 is 1.69 bits per heavy atom. The van der Waals surface area contributed by atoms with Gasteiger partial charge >= 0.3 is 0 Å². The highest BCUT2D eigenvalue weighted by Gasteiger charge is 2.26. The third-order valence-corrected chi connectivity index (χ3v) is 5.68. The molecule has 0 heterocycles. The van der Waals surface area contributed by atoms with Crippen LogP contribution < -0.4 is 4.90 Å². The summed E-state index contributed by atoms with van der Waals surface area (Å²) in [7, 11) is 0. The van der Waals surface area contributed by atoms with E-state index >= 15 is 0 Å². The monoisotopic (exact) mass is 422 g/mol.